The minimum Gasteiger partial charge on any atom is -0.484 e. The second-order valence-corrected chi connectivity index (χ2v) is 8.46. The maximum Gasteiger partial charge on any atom is 0.260 e. The van der Waals surface area contributed by atoms with Crippen LogP contribution >= 0.6 is 0 Å². The second kappa shape index (κ2) is 10.3. The van der Waals surface area contributed by atoms with E-state index in [0.717, 1.165) is 29.5 Å². The average molecular weight is 444 g/mol. The van der Waals surface area contributed by atoms with E-state index >= 15 is 0 Å². The lowest BCUT2D eigenvalue weighted by Gasteiger charge is -2.42. The number of carbonyl (C=O) groups excluding carboxylic acids is 2. The van der Waals surface area contributed by atoms with Crippen LogP contribution in [-0.4, -0.2) is 48.4 Å². The Hall–Kier alpha value is -3.67. The standard InChI is InChI=1S/C27H29N3O3/c1-28-26(32)27(17-21-9-5-6-13-24(21)22-10-7-15-29-18-22)14-8-16-30(20-27)25(31)19-33-23-11-3-2-4-12-23/h2-7,9-13,15,18H,8,14,16-17,19-20H2,1H3,(H,28,32). The van der Waals surface area contributed by atoms with Crippen molar-refractivity contribution in [3.63, 3.8) is 0 Å². The van der Waals surface area contributed by atoms with Gasteiger partial charge in [0.15, 0.2) is 6.61 Å². The fourth-order valence-electron chi connectivity index (χ4n) is 4.62. The summed E-state index contributed by atoms with van der Waals surface area (Å²) < 4.78 is 5.67. The molecule has 6 heteroatoms. The molecular formula is C27H29N3O3. The van der Waals surface area contributed by atoms with Crippen LogP contribution in [-0.2, 0) is 16.0 Å². The number of hydrogen-bond acceptors (Lipinski definition) is 4. The number of likely N-dealkylation sites (tertiary alicyclic amines) is 1. The van der Waals surface area contributed by atoms with Crippen LogP contribution in [0.4, 0.5) is 0 Å². The third-order valence-corrected chi connectivity index (χ3v) is 6.26. The highest BCUT2D eigenvalue weighted by Crippen LogP contribution is 2.37. The molecule has 2 amide bonds. The van der Waals surface area contributed by atoms with E-state index in [2.05, 4.69) is 22.4 Å². The molecule has 2 aromatic carbocycles. The first kappa shape index (κ1) is 22.5. The predicted octanol–water partition coefficient (Wildman–Crippen LogP) is 3.72. The molecule has 1 N–H and O–H groups in total. The Morgan fingerprint density at radius 3 is 2.61 bits per heavy atom. The van der Waals surface area contributed by atoms with Gasteiger partial charge in [0, 0.05) is 38.1 Å². The Bertz CT molecular complexity index is 1090. The van der Waals surface area contributed by atoms with Gasteiger partial charge in [-0.15, -0.1) is 0 Å². The summed E-state index contributed by atoms with van der Waals surface area (Å²) in [5.74, 6) is 0.517. The van der Waals surface area contributed by atoms with Crippen molar-refractivity contribution in [2.24, 2.45) is 5.41 Å². The molecule has 0 aliphatic carbocycles. The smallest absolute Gasteiger partial charge is 0.260 e. The summed E-state index contributed by atoms with van der Waals surface area (Å²) in [6.07, 6.45) is 5.61. The van der Waals surface area contributed by atoms with Gasteiger partial charge in [-0.05, 0) is 48.6 Å². The number of carbonyl (C=O) groups is 2. The molecule has 33 heavy (non-hydrogen) atoms. The SMILES string of the molecule is CNC(=O)C1(Cc2ccccc2-c2cccnc2)CCCN(C(=O)COc2ccccc2)C1. The molecule has 0 radical (unpaired) electrons. The van der Waals surface area contributed by atoms with Gasteiger partial charge in [0.1, 0.15) is 5.75 Å². The number of pyridine rings is 1. The first-order valence-corrected chi connectivity index (χ1v) is 11.3. The van der Waals surface area contributed by atoms with Gasteiger partial charge in [-0.1, -0.05) is 48.5 Å². The summed E-state index contributed by atoms with van der Waals surface area (Å²) in [6.45, 7) is 0.950. The summed E-state index contributed by atoms with van der Waals surface area (Å²) >= 11 is 0. The van der Waals surface area contributed by atoms with Crippen LogP contribution < -0.4 is 10.1 Å². The van der Waals surface area contributed by atoms with Crippen molar-refractivity contribution in [3.8, 4) is 16.9 Å². The van der Waals surface area contributed by atoms with Gasteiger partial charge >= 0.3 is 0 Å². The van der Waals surface area contributed by atoms with Crippen LogP contribution in [0, 0.1) is 5.41 Å². The van der Waals surface area contributed by atoms with E-state index in [9.17, 15) is 9.59 Å². The number of amides is 2. The number of para-hydroxylation sites is 1. The molecule has 0 saturated carbocycles. The Morgan fingerprint density at radius 1 is 1.06 bits per heavy atom. The van der Waals surface area contributed by atoms with Crippen molar-refractivity contribution in [2.75, 3.05) is 26.7 Å². The molecule has 1 saturated heterocycles. The van der Waals surface area contributed by atoms with Gasteiger partial charge in [-0.3, -0.25) is 14.6 Å². The van der Waals surface area contributed by atoms with Crippen molar-refractivity contribution < 1.29 is 14.3 Å². The highest BCUT2D eigenvalue weighted by molar-refractivity contribution is 5.85. The lowest BCUT2D eigenvalue weighted by Crippen LogP contribution is -2.54. The molecule has 6 nitrogen and oxygen atoms in total. The first-order valence-electron chi connectivity index (χ1n) is 11.3. The van der Waals surface area contributed by atoms with E-state index < -0.39 is 5.41 Å². The van der Waals surface area contributed by atoms with Crippen molar-refractivity contribution in [3.05, 3.63) is 84.7 Å². The molecule has 0 spiro atoms. The van der Waals surface area contributed by atoms with Crippen molar-refractivity contribution in [1.82, 2.24) is 15.2 Å². The van der Waals surface area contributed by atoms with E-state index in [4.69, 9.17) is 4.74 Å². The Kier molecular flexibility index (Phi) is 7.03. The number of aromatic nitrogens is 1. The maximum atomic E-state index is 13.2. The molecule has 1 aliphatic rings. The van der Waals surface area contributed by atoms with Crippen molar-refractivity contribution in [1.29, 1.82) is 0 Å². The first-order chi connectivity index (χ1) is 16.1. The normalized spacial score (nSPS) is 17.9. The molecule has 0 bridgehead atoms. The summed E-state index contributed by atoms with van der Waals surface area (Å²) in [4.78, 5) is 32.2. The van der Waals surface area contributed by atoms with Crippen LogP contribution in [0.2, 0.25) is 0 Å². The minimum atomic E-state index is -0.701. The Morgan fingerprint density at radius 2 is 1.85 bits per heavy atom. The van der Waals surface area contributed by atoms with E-state index in [1.165, 1.54) is 0 Å². The third kappa shape index (κ3) is 5.22. The zero-order valence-corrected chi connectivity index (χ0v) is 18.9. The van der Waals surface area contributed by atoms with Crippen molar-refractivity contribution >= 4 is 11.8 Å². The number of hydrogen-bond donors (Lipinski definition) is 1. The number of nitrogens with one attached hydrogen (secondary N) is 1. The summed E-state index contributed by atoms with van der Waals surface area (Å²) in [7, 11) is 1.66. The summed E-state index contributed by atoms with van der Waals surface area (Å²) in [6, 6.07) is 21.3. The summed E-state index contributed by atoms with van der Waals surface area (Å²) in [5, 5.41) is 2.85. The molecule has 1 fully saturated rings. The molecule has 1 aliphatic heterocycles. The fraction of sp³-hybridized carbons (Fsp3) is 0.296. The molecule has 4 rings (SSSR count). The number of benzene rings is 2. The van der Waals surface area contributed by atoms with Gasteiger partial charge < -0.3 is 15.0 Å². The van der Waals surface area contributed by atoms with Crippen LogP contribution in [0.3, 0.4) is 0 Å². The number of nitrogens with zero attached hydrogens (tertiary/aromatic N) is 2. The van der Waals surface area contributed by atoms with Gasteiger partial charge in [0.2, 0.25) is 5.91 Å². The maximum absolute atomic E-state index is 13.2. The Labute approximate surface area is 194 Å². The van der Waals surface area contributed by atoms with Crippen molar-refractivity contribution in [2.45, 2.75) is 19.3 Å². The Balaban J connectivity index is 1.55. The lowest BCUT2D eigenvalue weighted by molar-refractivity contribution is -0.142. The van der Waals surface area contributed by atoms with Crippen LogP contribution in [0.25, 0.3) is 11.1 Å². The van der Waals surface area contributed by atoms with E-state index in [1.807, 2.05) is 60.8 Å². The lowest BCUT2D eigenvalue weighted by atomic mass is 9.73. The van der Waals surface area contributed by atoms with E-state index in [1.54, 1.807) is 18.1 Å². The van der Waals surface area contributed by atoms with Crippen LogP contribution in [0.5, 0.6) is 5.75 Å². The van der Waals surface area contributed by atoms with Gasteiger partial charge in [0.05, 0.1) is 5.41 Å². The van der Waals surface area contributed by atoms with E-state index in [-0.39, 0.29) is 18.4 Å². The predicted molar refractivity (Wildman–Crippen MR) is 128 cm³/mol. The molecule has 1 atom stereocenters. The molecule has 2 heterocycles. The number of ether oxygens (including phenoxy) is 1. The zero-order valence-electron chi connectivity index (χ0n) is 18.9. The second-order valence-electron chi connectivity index (χ2n) is 8.46. The fourth-order valence-corrected chi connectivity index (χ4v) is 4.62. The van der Waals surface area contributed by atoms with Crippen LogP contribution in [0.15, 0.2) is 79.1 Å². The van der Waals surface area contributed by atoms with Gasteiger partial charge in [-0.2, -0.15) is 0 Å². The van der Waals surface area contributed by atoms with Gasteiger partial charge in [-0.25, -0.2) is 0 Å². The number of piperidine rings is 1. The minimum absolute atomic E-state index is 0.0371. The zero-order chi connectivity index (χ0) is 23.1. The molecule has 1 aromatic heterocycles. The highest BCUT2D eigenvalue weighted by Gasteiger charge is 2.43. The largest absolute Gasteiger partial charge is 0.484 e. The topological polar surface area (TPSA) is 71.5 Å². The highest BCUT2D eigenvalue weighted by atomic mass is 16.5. The average Bonchev–Trinajstić information content (AvgIpc) is 2.88. The number of rotatable bonds is 7. The molecule has 170 valence electrons. The third-order valence-electron chi connectivity index (χ3n) is 6.26. The summed E-state index contributed by atoms with van der Waals surface area (Å²) in [5.41, 5.74) is 2.45. The molecule has 3 aromatic rings. The monoisotopic (exact) mass is 443 g/mol. The van der Waals surface area contributed by atoms with Crippen LogP contribution in [0.1, 0.15) is 18.4 Å². The quantitative estimate of drug-likeness (QED) is 0.604. The van der Waals surface area contributed by atoms with Gasteiger partial charge in [0.25, 0.3) is 5.91 Å². The van der Waals surface area contributed by atoms with E-state index in [0.29, 0.717) is 25.3 Å². The molecular weight excluding hydrogens is 414 g/mol. The molecule has 1 unspecified atom stereocenters.